The molecule has 0 saturated carbocycles. The number of hydrogen-bond acceptors (Lipinski definition) is 2. The van der Waals surface area contributed by atoms with Gasteiger partial charge in [-0.25, -0.2) is 0 Å². The Morgan fingerprint density at radius 2 is 1.65 bits per heavy atom. The second kappa shape index (κ2) is 7.32. The van der Waals surface area contributed by atoms with Gasteiger partial charge in [0.15, 0.2) is 0 Å². The number of likely N-dealkylation sites (tertiary alicyclic amines) is 1. The Morgan fingerprint density at radius 3 is 2.38 bits per heavy atom. The molecule has 2 aromatic rings. The number of carbonyl (C=O) groups excluding carboxylic acids is 2. The topological polar surface area (TPSA) is 40.6 Å². The summed E-state index contributed by atoms with van der Waals surface area (Å²) < 4.78 is 0. The molecule has 2 heterocycles. The predicted octanol–water partition coefficient (Wildman–Crippen LogP) is 3.79. The van der Waals surface area contributed by atoms with E-state index in [0.717, 1.165) is 42.7 Å². The average molecular weight is 348 g/mol. The van der Waals surface area contributed by atoms with Crippen molar-refractivity contribution in [2.45, 2.75) is 38.6 Å². The smallest absolute Gasteiger partial charge is 0.253 e. The molecule has 2 aliphatic rings. The fourth-order valence-corrected chi connectivity index (χ4v) is 3.91. The lowest BCUT2D eigenvalue weighted by Crippen LogP contribution is -2.31. The number of nitrogens with zero attached hydrogens (tertiary/aromatic N) is 2. The van der Waals surface area contributed by atoms with Crippen molar-refractivity contribution < 1.29 is 9.59 Å². The maximum Gasteiger partial charge on any atom is 0.253 e. The minimum atomic E-state index is 0.100. The first-order valence-electron chi connectivity index (χ1n) is 9.49. The molecule has 0 aromatic heterocycles. The lowest BCUT2D eigenvalue weighted by atomic mass is 10.1. The lowest BCUT2D eigenvalue weighted by molar-refractivity contribution is -0.117. The van der Waals surface area contributed by atoms with Crippen LogP contribution < -0.4 is 4.90 Å². The average Bonchev–Trinajstić information content (AvgIpc) is 2.84. The first-order valence-corrected chi connectivity index (χ1v) is 9.49. The van der Waals surface area contributed by atoms with E-state index in [1.165, 1.54) is 12.8 Å². The molecule has 4 nitrogen and oxygen atoms in total. The summed E-state index contributed by atoms with van der Waals surface area (Å²) in [6.45, 7) is 2.26. The van der Waals surface area contributed by atoms with Crippen LogP contribution in [0.2, 0.25) is 0 Å². The highest BCUT2D eigenvalue weighted by molar-refractivity contribution is 6.03. The van der Waals surface area contributed by atoms with E-state index in [-0.39, 0.29) is 11.8 Å². The van der Waals surface area contributed by atoms with Crippen molar-refractivity contribution in [1.29, 1.82) is 0 Å². The second-order valence-corrected chi connectivity index (χ2v) is 7.19. The van der Waals surface area contributed by atoms with Gasteiger partial charge in [-0.1, -0.05) is 43.2 Å². The van der Waals surface area contributed by atoms with Crippen LogP contribution in [-0.2, 0) is 17.8 Å². The highest BCUT2D eigenvalue weighted by Crippen LogP contribution is 2.31. The van der Waals surface area contributed by atoms with Gasteiger partial charge >= 0.3 is 0 Å². The lowest BCUT2D eigenvalue weighted by Gasteiger charge is -2.21. The summed E-state index contributed by atoms with van der Waals surface area (Å²) in [5, 5.41) is 0. The summed E-state index contributed by atoms with van der Waals surface area (Å²) >= 11 is 0. The maximum atomic E-state index is 12.8. The third-order valence-electron chi connectivity index (χ3n) is 5.34. The van der Waals surface area contributed by atoms with Crippen LogP contribution in [0.1, 0.15) is 47.2 Å². The van der Waals surface area contributed by atoms with E-state index in [1.807, 2.05) is 58.3 Å². The molecule has 0 spiro atoms. The normalized spacial score (nSPS) is 17.2. The molecule has 26 heavy (non-hydrogen) atoms. The van der Waals surface area contributed by atoms with Gasteiger partial charge in [0.2, 0.25) is 5.91 Å². The summed E-state index contributed by atoms with van der Waals surface area (Å²) in [6, 6.07) is 15.7. The Hall–Kier alpha value is -2.62. The van der Waals surface area contributed by atoms with Gasteiger partial charge in [0.25, 0.3) is 5.91 Å². The Kier molecular flexibility index (Phi) is 4.74. The number of amides is 2. The van der Waals surface area contributed by atoms with E-state index < -0.39 is 0 Å². The van der Waals surface area contributed by atoms with Gasteiger partial charge in [-0.2, -0.15) is 0 Å². The fourth-order valence-electron chi connectivity index (χ4n) is 3.91. The van der Waals surface area contributed by atoms with Crippen LogP contribution in [0, 0.1) is 0 Å². The number of hydrogen-bond donors (Lipinski definition) is 0. The van der Waals surface area contributed by atoms with Crippen LogP contribution in [0.15, 0.2) is 48.5 Å². The zero-order valence-electron chi connectivity index (χ0n) is 15.0. The minimum Gasteiger partial charge on any atom is -0.339 e. The first kappa shape index (κ1) is 16.8. The number of benzene rings is 2. The van der Waals surface area contributed by atoms with Gasteiger partial charge < -0.3 is 9.80 Å². The quantitative estimate of drug-likeness (QED) is 0.847. The summed E-state index contributed by atoms with van der Waals surface area (Å²) in [5.41, 5.74) is 3.72. The largest absolute Gasteiger partial charge is 0.339 e. The molecular weight excluding hydrogens is 324 g/mol. The van der Waals surface area contributed by atoms with Crippen molar-refractivity contribution >= 4 is 17.5 Å². The zero-order valence-corrected chi connectivity index (χ0v) is 15.0. The monoisotopic (exact) mass is 348 g/mol. The van der Waals surface area contributed by atoms with Gasteiger partial charge in [-0.3, -0.25) is 9.59 Å². The Labute approximate surface area is 154 Å². The first-order chi connectivity index (χ1) is 12.7. The van der Waals surface area contributed by atoms with Crippen LogP contribution in [0.3, 0.4) is 0 Å². The Balaban J connectivity index is 1.55. The summed E-state index contributed by atoms with van der Waals surface area (Å²) in [5.74, 6) is 0.201. The van der Waals surface area contributed by atoms with Gasteiger partial charge in [-0.05, 0) is 42.2 Å². The van der Waals surface area contributed by atoms with Crippen molar-refractivity contribution in [2.24, 2.45) is 0 Å². The van der Waals surface area contributed by atoms with Crippen molar-refractivity contribution in [3.8, 4) is 0 Å². The highest BCUT2D eigenvalue weighted by atomic mass is 16.2. The van der Waals surface area contributed by atoms with E-state index in [2.05, 4.69) is 0 Å². The summed E-state index contributed by atoms with van der Waals surface area (Å²) in [4.78, 5) is 29.1. The number of carbonyl (C=O) groups is 2. The molecule has 134 valence electrons. The van der Waals surface area contributed by atoms with Crippen LogP contribution >= 0.6 is 0 Å². The van der Waals surface area contributed by atoms with Crippen LogP contribution in [0.25, 0.3) is 0 Å². The molecule has 2 aromatic carbocycles. The molecule has 0 N–H and O–H groups in total. The number of anilines is 1. The third kappa shape index (κ3) is 3.36. The zero-order chi connectivity index (χ0) is 17.9. The van der Waals surface area contributed by atoms with E-state index in [0.29, 0.717) is 18.5 Å². The fraction of sp³-hybridized carbons (Fsp3) is 0.364. The van der Waals surface area contributed by atoms with E-state index in [1.54, 1.807) is 0 Å². The molecule has 2 aliphatic heterocycles. The van der Waals surface area contributed by atoms with Gasteiger partial charge in [-0.15, -0.1) is 0 Å². The molecule has 4 heteroatoms. The second-order valence-electron chi connectivity index (χ2n) is 7.19. The SMILES string of the molecule is O=C(c1ccc2c(c1)CC(=O)N2Cc1ccccc1)N1CCCCCC1. The maximum absolute atomic E-state index is 12.8. The molecule has 1 saturated heterocycles. The molecule has 0 radical (unpaired) electrons. The molecule has 0 bridgehead atoms. The summed E-state index contributed by atoms with van der Waals surface area (Å²) in [6.07, 6.45) is 4.96. The van der Waals surface area contributed by atoms with Crippen molar-refractivity contribution in [3.63, 3.8) is 0 Å². The molecule has 2 amide bonds. The van der Waals surface area contributed by atoms with Crippen molar-refractivity contribution in [1.82, 2.24) is 4.90 Å². The van der Waals surface area contributed by atoms with E-state index in [9.17, 15) is 9.59 Å². The van der Waals surface area contributed by atoms with E-state index in [4.69, 9.17) is 0 Å². The van der Waals surface area contributed by atoms with Crippen LogP contribution in [-0.4, -0.2) is 29.8 Å². The van der Waals surface area contributed by atoms with Gasteiger partial charge in [0.05, 0.1) is 13.0 Å². The Morgan fingerprint density at radius 1 is 0.923 bits per heavy atom. The standard InChI is InChI=1S/C22H24N2O2/c25-21-15-19-14-18(22(26)23-12-6-1-2-7-13-23)10-11-20(19)24(21)16-17-8-4-3-5-9-17/h3-5,8-11,14H,1-2,6-7,12-13,15-16H2. The number of fused-ring (bicyclic) bond motifs is 1. The van der Waals surface area contributed by atoms with Gasteiger partial charge in [0.1, 0.15) is 0 Å². The molecule has 0 unspecified atom stereocenters. The molecule has 0 aliphatic carbocycles. The van der Waals surface area contributed by atoms with Gasteiger partial charge in [0, 0.05) is 24.3 Å². The molecule has 0 atom stereocenters. The molecule has 4 rings (SSSR count). The number of rotatable bonds is 3. The summed E-state index contributed by atoms with van der Waals surface area (Å²) in [7, 11) is 0. The van der Waals surface area contributed by atoms with Crippen molar-refractivity contribution in [2.75, 3.05) is 18.0 Å². The minimum absolute atomic E-state index is 0.100. The highest BCUT2D eigenvalue weighted by Gasteiger charge is 2.28. The molecular formula is C22H24N2O2. The van der Waals surface area contributed by atoms with Crippen LogP contribution in [0.5, 0.6) is 0 Å². The predicted molar refractivity (Wildman–Crippen MR) is 102 cm³/mol. The van der Waals surface area contributed by atoms with Crippen LogP contribution in [0.4, 0.5) is 5.69 Å². The molecule has 1 fully saturated rings. The van der Waals surface area contributed by atoms with Crippen molar-refractivity contribution in [3.05, 3.63) is 65.2 Å². The van der Waals surface area contributed by atoms with E-state index >= 15 is 0 Å². The third-order valence-corrected chi connectivity index (χ3v) is 5.34. The Bertz CT molecular complexity index is 808.